The van der Waals surface area contributed by atoms with Gasteiger partial charge in [0, 0.05) is 18.9 Å². The Morgan fingerprint density at radius 3 is 3.00 bits per heavy atom. The van der Waals surface area contributed by atoms with Crippen LogP contribution in [-0.4, -0.2) is 29.5 Å². The maximum Gasteiger partial charge on any atom is 0.206 e. The van der Waals surface area contributed by atoms with E-state index in [4.69, 9.17) is 4.74 Å². The van der Waals surface area contributed by atoms with E-state index in [1.54, 1.807) is 23.1 Å². The van der Waals surface area contributed by atoms with Gasteiger partial charge < -0.3 is 10.1 Å². The summed E-state index contributed by atoms with van der Waals surface area (Å²) < 4.78 is 6.61. The van der Waals surface area contributed by atoms with Crippen LogP contribution in [0.2, 0.25) is 0 Å². The van der Waals surface area contributed by atoms with Crippen LogP contribution in [0, 0.1) is 0 Å². The molecule has 4 nitrogen and oxygen atoms in total. The summed E-state index contributed by atoms with van der Waals surface area (Å²) in [7, 11) is 0. The number of ether oxygens (including phenoxy) is 1. The summed E-state index contributed by atoms with van der Waals surface area (Å²) in [5.41, 5.74) is 1.34. The molecule has 4 rings (SSSR count). The Morgan fingerprint density at radius 1 is 1.17 bits per heavy atom. The van der Waals surface area contributed by atoms with E-state index in [2.05, 4.69) is 58.0 Å². The molecule has 3 aromatic rings. The molecule has 1 N–H and O–H groups in total. The monoisotopic (exact) mass is 357 g/mol. The minimum absolute atomic E-state index is 0.320. The van der Waals surface area contributed by atoms with Gasteiger partial charge in [-0.25, -0.2) is 0 Å². The number of fused-ring (bicyclic) bond motifs is 1. The van der Waals surface area contributed by atoms with Gasteiger partial charge in [0.2, 0.25) is 5.13 Å². The smallest absolute Gasteiger partial charge is 0.206 e. The van der Waals surface area contributed by atoms with Gasteiger partial charge in [0.25, 0.3) is 0 Å². The van der Waals surface area contributed by atoms with Crippen molar-refractivity contribution in [3.05, 3.63) is 48.0 Å². The molecular formula is C18H19N3OS2. The van der Waals surface area contributed by atoms with Gasteiger partial charge in [-0.05, 0) is 29.2 Å². The average Bonchev–Trinajstić information content (AvgIpc) is 3.30. The molecule has 0 spiro atoms. The number of aromatic nitrogens is 2. The third kappa shape index (κ3) is 3.71. The third-order valence-corrected chi connectivity index (χ3v) is 6.21. The maximum absolute atomic E-state index is 5.62. The highest BCUT2D eigenvalue weighted by atomic mass is 32.2. The van der Waals surface area contributed by atoms with Crippen LogP contribution in [0.15, 0.2) is 46.8 Å². The largest absolute Gasteiger partial charge is 0.376 e. The first kappa shape index (κ1) is 15.9. The molecule has 1 fully saturated rings. The molecule has 2 heterocycles. The molecule has 0 saturated carbocycles. The highest BCUT2D eigenvalue weighted by Gasteiger charge is 2.16. The van der Waals surface area contributed by atoms with Crippen molar-refractivity contribution in [2.75, 3.05) is 18.5 Å². The zero-order valence-corrected chi connectivity index (χ0v) is 14.9. The van der Waals surface area contributed by atoms with Gasteiger partial charge in [0.1, 0.15) is 0 Å². The van der Waals surface area contributed by atoms with E-state index in [-0.39, 0.29) is 0 Å². The predicted octanol–water partition coefficient (Wildman–Crippen LogP) is 4.57. The summed E-state index contributed by atoms with van der Waals surface area (Å²) >= 11 is 3.36. The van der Waals surface area contributed by atoms with Crippen molar-refractivity contribution in [1.82, 2.24) is 10.2 Å². The van der Waals surface area contributed by atoms with Gasteiger partial charge in [-0.15, -0.1) is 10.2 Å². The Kier molecular flexibility index (Phi) is 4.96. The lowest BCUT2D eigenvalue weighted by atomic mass is 10.1. The second kappa shape index (κ2) is 7.51. The van der Waals surface area contributed by atoms with Crippen LogP contribution in [0.1, 0.15) is 18.4 Å². The number of thioether (sulfide) groups is 1. The van der Waals surface area contributed by atoms with Crippen molar-refractivity contribution in [3.8, 4) is 0 Å². The Morgan fingerprint density at radius 2 is 2.08 bits per heavy atom. The van der Waals surface area contributed by atoms with E-state index in [1.807, 2.05) is 0 Å². The van der Waals surface area contributed by atoms with Crippen molar-refractivity contribution in [2.45, 2.75) is 29.0 Å². The maximum atomic E-state index is 5.62. The molecular weight excluding hydrogens is 338 g/mol. The standard InChI is InChI=1S/C18H19N3OS2/c1-2-9-16-13(5-1)6-3-7-14(16)12-23-18-21-20-17(24-18)19-11-15-8-4-10-22-15/h1-3,5-7,9,15H,4,8,10-12H2,(H,19,20). The number of anilines is 1. The Bertz CT molecular complexity index is 809. The molecule has 1 unspecified atom stereocenters. The molecule has 1 aliphatic rings. The highest BCUT2D eigenvalue weighted by molar-refractivity contribution is 8.00. The van der Waals surface area contributed by atoms with Gasteiger partial charge in [-0.3, -0.25) is 0 Å². The number of hydrogen-bond donors (Lipinski definition) is 1. The molecule has 6 heteroatoms. The average molecular weight is 358 g/mol. The predicted molar refractivity (Wildman–Crippen MR) is 101 cm³/mol. The number of rotatable bonds is 6. The van der Waals surface area contributed by atoms with E-state index in [9.17, 15) is 0 Å². The molecule has 24 heavy (non-hydrogen) atoms. The van der Waals surface area contributed by atoms with Crippen molar-refractivity contribution >= 4 is 39.0 Å². The summed E-state index contributed by atoms with van der Waals surface area (Å²) in [6.07, 6.45) is 2.61. The minimum atomic E-state index is 0.320. The number of hydrogen-bond acceptors (Lipinski definition) is 6. The van der Waals surface area contributed by atoms with E-state index < -0.39 is 0 Å². The fourth-order valence-electron chi connectivity index (χ4n) is 2.90. The molecule has 1 saturated heterocycles. The van der Waals surface area contributed by atoms with Crippen LogP contribution in [0.25, 0.3) is 10.8 Å². The quantitative estimate of drug-likeness (QED) is 0.655. The molecule has 0 aliphatic carbocycles. The summed E-state index contributed by atoms with van der Waals surface area (Å²) in [5.74, 6) is 0.904. The Hall–Kier alpha value is -1.63. The molecule has 1 aromatic heterocycles. The SMILES string of the molecule is c1ccc2c(CSc3nnc(NCC4CCCO4)s3)cccc2c1. The molecule has 124 valence electrons. The van der Waals surface area contributed by atoms with E-state index in [0.717, 1.165) is 41.2 Å². The zero-order chi connectivity index (χ0) is 16.2. The topological polar surface area (TPSA) is 47.0 Å². The number of benzene rings is 2. The Balaban J connectivity index is 1.37. The van der Waals surface area contributed by atoms with Crippen molar-refractivity contribution in [1.29, 1.82) is 0 Å². The van der Waals surface area contributed by atoms with Gasteiger partial charge in [0.15, 0.2) is 4.34 Å². The Labute approximate surface area is 149 Å². The van der Waals surface area contributed by atoms with Crippen LogP contribution >= 0.6 is 23.1 Å². The van der Waals surface area contributed by atoms with Gasteiger partial charge in [0.05, 0.1) is 6.10 Å². The number of nitrogens with one attached hydrogen (secondary N) is 1. The molecule has 0 radical (unpaired) electrons. The van der Waals surface area contributed by atoms with Gasteiger partial charge >= 0.3 is 0 Å². The van der Waals surface area contributed by atoms with Crippen LogP contribution in [0.3, 0.4) is 0 Å². The van der Waals surface area contributed by atoms with Crippen molar-refractivity contribution in [2.24, 2.45) is 0 Å². The van der Waals surface area contributed by atoms with Gasteiger partial charge in [-0.1, -0.05) is 65.6 Å². The third-order valence-electron chi connectivity index (χ3n) is 4.14. The second-order valence-electron chi connectivity index (χ2n) is 5.82. The normalized spacial score (nSPS) is 17.4. The first-order chi connectivity index (χ1) is 11.9. The fraction of sp³-hybridized carbons (Fsp3) is 0.333. The highest BCUT2D eigenvalue weighted by Crippen LogP contribution is 2.30. The summed E-state index contributed by atoms with van der Waals surface area (Å²) in [5, 5.41) is 15.3. The molecule has 0 bridgehead atoms. The summed E-state index contributed by atoms with van der Waals surface area (Å²) in [6, 6.07) is 15.0. The fourth-order valence-corrected chi connectivity index (χ4v) is 4.67. The first-order valence-corrected chi connectivity index (χ1v) is 9.97. The lowest BCUT2D eigenvalue weighted by molar-refractivity contribution is 0.120. The molecule has 1 atom stereocenters. The lowest BCUT2D eigenvalue weighted by Gasteiger charge is -2.08. The lowest BCUT2D eigenvalue weighted by Crippen LogP contribution is -2.18. The van der Waals surface area contributed by atoms with E-state index in [1.165, 1.54) is 16.3 Å². The molecule has 0 amide bonds. The second-order valence-corrected chi connectivity index (χ2v) is 8.02. The zero-order valence-electron chi connectivity index (χ0n) is 13.3. The van der Waals surface area contributed by atoms with Crippen molar-refractivity contribution < 1.29 is 4.74 Å². The molecule has 2 aromatic carbocycles. The van der Waals surface area contributed by atoms with Gasteiger partial charge in [-0.2, -0.15) is 0 Å². The number of nitrogens with zero attached hydrogens (tertiary/aromatic N) is 2. The first-order valence-electron chi connectivity index (χ1n) is 8.17. The minimum Gasteiger partial charge on any atom is -0.376 e. The van der Waals surface area contributed by atoms with Crippen LogP contribution in [0.4, 0.5) is 5.13 Å². The van der Waals surface area contributed by atoms with Crippen LogP contribution in [-0.2, 0) is 10.5 Å². The molecule has 1 aliphatic heterocycles. The van der Waals surface area contributed by atoms with Crippen molar-refractivity contribution in [3.63, 3.8) is 0 Å². The summed E-state index contributed by atoms with van der Waals surface area (Å²) in [4.78, 5) is 0. The summed E-state index contributed by atoms with van der Waals surface area (Å²) in [6.45, 7) is 1.71. The van der Waals surface area contributed by atoms with Crippen LogP contribution in [0.5, 0.6) is 0 Å². The van der Waals surface area contributed by atoms with Crippen LogP contribution < -0.4 is 5.32 Å². The van der Waals surface area contributed by atoms with E-state index in [0.29, 0.717) is 6.10 Å². The van der Waals surface area contributed by atoms with E-state index >= 15 is 0 Å².